The summed E-state index contributed by atoms with van der Waals surface area (Å²) in [5.41, 5.74) is 1.60. The first-order chi connectivity index (χ1) is 8.70. The summed E-state index contributed by atoms with van der Waals surface area (Å²) >= 11 is 0. The second-order valence-electron chi connectivity index (χ2n) is 3.93. The molecule has 1 aromatic carbocycles. The summed E-state index contributed by atoms with van der Waals surface area (Å²) in [6.45, 7) is 1.66. The van der Waals surface area contributed by atoms with Gasteiger partial charge < -0.3 is 10.0 Å². The Morgan fingerprint density at radius 1 is 1.17 bits per heavy atom. The van der Waals surface area contributed by atoms with Crippen molar-refractivity contribution >= 4 is 17.3 Å². The zero-order valence-corrected chi connectivity index (χ0v) is 10.0. The van der Waals surface area contributed by atoms with Crippen LogP contribution in [0.1, 0.15) is 6.92 Å². The molecule has 1 N–H and O–H groups in total. The maximum atomic E-state index is 11.2. The van der Waals surface area contributed by atoms with Gasteiger partial charge in [0.2, 0.25) is 0 Å². The van der Waals surface area contributed by atoms with Crippen LogP contribution in [-0.2, 0) is 4.79 Å². The molecule has 0 radical (unpaired) electrons. The van der Waals surface area contributed by atoms with E-state index in [1.807, 2.05) is 36.4 Å². The molecule has 0 saturated heterocycles. The van der Waals surface area contributed by atoms with Crippen molar-refractivity contribution in [1.82, 2.24) is 4.98 Å². The molecular formula is C14H14N2O2. The Morgan fingerprint density at radius 3 is 2.39 bits per heavy atom. The van der Waals surface area contributed by atoms with Crippen LogP contribution in [0.5, 0.6) is 0 Å². The Kier molecular flexibility index (Phi) is 3.57. The van der Waals surface area contributed by atoms with E-state index in [1.165, 1.54) is 0 Å². The van der Waals surface area contributed by atoms with Crippen LogP contribution in [0, 0.1) is 0 Å². The minimum Gasteiger partial charge on any atom is -0.480 e. The first-order valence-corrected chi connectivity index (χ1v) is 5.67. The van der Waals surface area contributed by atoms with Crippen molar-refractivity contribution in [2.75, 3.05) is 4.90 Å². The molecule has 2 aromatic rings. The average Bonchev–Trinajstić information content (AvgIpc) is 2.41. The molecule has 0 aliphatic heterocycles. The summed E-state index contributed by atoms with van der Waals surface area (Å²) < 4.78 is 0. The van der Waals surface area contributed by atoms with Gasteiger partial charge in [0.1, 0.15) is 6.04 Å². The number of carbonyl (C=O) groups is 1. The monoisotopic (exact) mass is 242 g/mol. The van der Waals surface area contributed by atoms with E-state index in [4.69, 9.17) is 0 Å². The number of hydrogen-bond acceptors (Lipinski definition) is 3. The van der Waals surface area contributed by atoms with E-state index < -0.39 is 12.0 Å². The van der Waals surface area contributed by atoms with Gasteiger partial charge in [0.25, 0.3) is 0 Å². The number of pyridine rings is 1. The molecule has 0 amide bonds. The molecule has 1 heterocycles. The van der Waals surface area contributed by atoms with E-state index in [9.17, 15) is 9.90 Å². The Morgan fingerprint density at radius 2 is 1.83 bits per heavy atom. The smallest absolute Gasteiger partial charge is 0.326 e. The third-order valence-corrected chi connectivity index (χ3v) is 2.70. The van der Waals surface area contributed by atoms with Gasteiger partial charge >= 0.3 is 5.97 Å². The normalized spacial score (nSPS) is 11.8. The van der Waals surface area contributed by atoms with Gasteiger partial charge in [-0.3, -0.25) is 4.98 Å². The van der Waals surface area contributed by atoms with Crippen molar-refractivity contribution in [2.24, 2.45) is 0 Å². The highest BCUT2D eigenvalue weighted by Gasteiger charge is 2.22. The maximum absolute atomic E-state index is 11.2. The SMILES string of the molecule is C[C@@H](C(=O)O)N(c1ccccc1)c1cccnc1. The van der Waals surface area contributed by atoms with Gasteiger partial charge in [-0.2, -0.15) is 0 Å². The molecule has 0 saturated carbocycles. The van der Waals surface area contributed by atoms with Crippen LogP contribution in [-0.4, -0.2) is 22.1 Å². The number of rotatable bonds is 4. The molecule has 1 atom stereocenters. The van der Waals surface area contributed by atoms with E-state index in [0.29, 0.717) is 0 Å². The van der Waals surface area contributed by atoms with Gasteiger partial charge in [-0.25, -0.2) is 4.79 Å². The van der Waals surface area contributed by atoms with Gasteiger partial charge in [0, 0.05) is 11.9 Å². The second-order valence-corrected chi connectivity index (χ2v) is 3.93. The zero-order valence-electron chi connectivity index (χ0n) is 10.0. The molecule has 0 bridgehead atoms. The van der Waals surface area contributed by atoms with Crippen LogP contribution >= 0.6 is 0 Å². The minimum absolute atomic E-state index is 0.656. The molecule has 4 nitrogen and oxygen atoms in total. The number of benzene rings is 1. The van der Waals surface area contributed by atoms with E-state index in [-0.39, 0.29) is 0 Å². The summed E-state index contributed by atoms with van der Waals surface area (Å²) in [5.74, 6) is -0.872. The van der Waals surface area contributed by atoms with E-state index >= 15 is 0 Å². The molecule has 0 aliphatic carbocycles. The molecule has 2 rings (SSSR count). The third-order valence-electron chi connectivity index (χ3n) is 2.70. The summed E-state index contributed by atoms with van der Waals surface area (Å²) in [6, 6.07) is 12.4. The predicted octanol–water partition coefficient (Wildman–Crippen LogP) is 2.69. The van der Waals surface area contributed by atoms with E-state index in [0.717, 1.165) is 11.4 Å². The number of para-hydroxylation sites is 1. The molecule has 18 heavy (non-hydrogen) atoms. The quantitative estimate of drug-likeness (QED) is 0.895. The van der Waals surface area contributed by atoms with Crippen molar-refractivity contribution in [3.63, 3.8) is 0 Å². The largest absolute Gasteiger partial charge is 0.480 e. The van der Waals surface area contributed by atoms with Crippen molar-refractivity contribution in [2.45, 2.75) is 13.0 Å². The van der Waals surface area contributed by atoms with Gasteiger partial charge in [0.05, 0.1) is 11.9 Å². The Bertz CT molecular complexity index is 474. The standard InChI is InChI=1S/C14H14N2O2/c1-11(14(17)18)16(12-6-3-2-4-7-12)13-8-5-9-15-10-13/h2-11H,1H3,(H,17,18)/t11-/m0/s1. The number of anilines is 2. The number of nitrogens with zero attached hydrogens (tertiary/aromatic N) is 2. The van der Waals surface area contributed by atoms with Crippen molar-refractivity contribution in [3.05, 3.63) is 54.9 Å². The van der Waals surface area contributed by atoms with Crippen molar-refractivity contribution in [3.8, 4) is 0 Å². The van der Waals surface area contributed by atoms with Gasteiger partial charge in [-0.05, 0) is 31.2 Å². The number of aliphatic carboxylic acids is 1. The lowest BCUT2D eigenvalue weighted by Gasteiger charge is -2.28. The maximum Gasteiger partial charge on any atom is 0.326 e. The summed E-state index contributed by atoms with van der Waals surface area (Å²) in [7, 11) is 0. The number of carboxylic acid groups (broad SMARTS) is 1. The Hall–Kier alpha value is -2.36. The lowest BCUT2D eigenvalue weighted by molar-refractivity contribution is -0.137. The van der Waals surface area contributed by atoms with E-state index in [2.05, 4.69) is 4.98 Å². The molecule has 1 aromatic heterocycles. The summed E-state index contributed by atoms with van der Waals surface area (Å²) in [4.78, 5) is 17.0. The first-order valence-electron chi connectivity index (χ1n) is 5.67. The van der Waals surface area contributed by atoms with Crippen LogP contribution in [0.3, 0.4) is 0 Å². The van der Waals surface area contributed by atoms with Crippen LogP contribution < -0.4 is 4.90 Å². The van der Waals surface area contributed by atoms with E-state index in [1.54, 1.807) is 30.3 Å². The van der Waals surface area contributed by atoms with Crippen molar-refractivity contribution < 1.29 is 9.90 Å². The lowest BCUT2D eigenvalue weighted by atomic mass is 10.2. The zero-order chi connectivity index (χ0) is 13.0. The van der Waals surface area contributed by atoms with Crippen molar-refractivity contribution in [1.29, 1.82) is 0 Å². The van der Waals surface area contributed by atoms with Gasteiger partial charge in [0.15, 0.2) is 0 Å². The topological polar surface area (TPSA) is 53.4 Å². The highest BCUT2D eigenvalue weighted by Crippen LogP contribution is 2.26. The van der Waals surface area contributed by atoms with Crippen LogP contribution in [0.4, 0.5) is 11.4 Å². The molecule has 0 spiro atoms. The number of hydrogen-bond donors (Lipinski definition) is 1. The van der Waals surface area contributed by atoms with Gasteiger partial charge in [-0.15, -0.1) is 0 Å². The molecule has 92 valence electrons. The molecule has 4 heteroatoms. The Labute approximate surface area is 106 Å². The second kappa shape index (κ2) is 5.31. The highest BCUT2D eigenvalue weighted by atomic mass is 16.4. The summed E-state index contributed by atoms with van der Waals surface area (Å²) in [6.07, 6.45) is 3.32. The third kappa shape index (κ3) is 2.48. The molecule has 0 unspecified atom stereocenters. The fraction of sp³-hybridized carbons (Fsp3) is 0.143. The minimum atomic E-state index is -0.872. The fourth-order valence-electron chi connectivity index (χ4n) is 1.79. The number of carboxylic acids is 1. The molecular weight excluding hydrogens is 228 g/mol. The number of aromatic nitrogens is 1. The molecule has 0 aliphatic rings. The first kappa shape index (κ1) is 12.1. The Balaban J connectivity index is 2.45. The van der Waals surface area contributed by atoms with Crippen LogP contribution in [0.15, 0.2) is 54.9 Å². The fourth-order valence-corrected chi connectivity index (χ4v) is 1.79. The highest BCUT2D eigenvalue weighted by molar-refractivity contribution is 5.81. The van der Waals surface area contributed by atoms with Gasteiger partial charge in [-0.1, -0.05) is 18.2 Å². The summed E-state index contributed by atoms with van der Waals surface area (Å²) in [5, 5.41) is 9.21. The van der Waals surface area contributed by atoms with Crippen LogP contribution in [0.25, 0.3) is 0 Å². The predicted molar refractivity (Wildman–Crippen MR) is 69.9 cm³/mol. The molecule has 0 fully saturated rings. The lowest BCUT2D eigenvalue weighted by Crippen LogP contribution is -2.35. The van der Waals surface area contributed by atoms with Crippen LogP contribution in [0.2, 0.25) is 0 Å². The average molecular weight is 242 g/mol.